The smallest absolute Gasteiger partial charge is 0.251 e. The molecule has 0 heterocycles. The van der Waals surface area contributed by atoms with Crippen LogP contribution in [0.3, 0.4) is 0 Å². The van der Waals surface area contributed by atoms with Gasteiger partial charge in [0.1, 0.15) is 11.5 Å². The summed E-state index contributed by atoms with van der Waals surface area (Å²) in [7, 11) is 6.13. The van der Waals surface area contributed by atoms with Gasteiger partial charge in [-0.05, 0) is 43.3 Å². The Balaban J connectivity index is 1.98. The average Bonchev–Trinajstić information content (AvgIpc) is 2.76. The van der Waals surface area contributed by atoms with Crippen molar-refractivity contribution in [2.24, 2.45) is 0 Å². The number of methoxy groups -OCH3 is 4. The SMILES string of the molecule is COc1ccc(OC)c(C(C)NC(=O)CNC(=O)c2ccc(OC)c(OC)c2)c1. The van der Waals surface area contributed by atoms with Crippen LogP contribution >= 0.6 is 0 Å². The fraction of sp³-hybridized carbons (Fsp3) is 0.333. The molecule has 2 aromatic carbocycles. The second-order valence-corrected chi connectivity index (χ2v) is 6.15. The molecule has 0 radical (unpaired) electrons. The average molecular weight is 402 g/mol. The molecule has 2 amide bonds. The second kappa shape index (κ2) is 10.2. The molecule has 0 aromatic heterocycles. The van der Waals surface area contributed by atoms with E-state index in [4.69, 9.17) is 18.9 Å². The predicted octanol–water partition coefficient (Wildman–Crippen LogP) is 2.33. The minimum Gasteiger partial charge on any atom is -0.497 e. The molecule has 0 saturated heterocycles. The van der Waals surface area contributed by atoms with Crippen molar-refractivity contribution in [3.05, 3.63) is 47.5 Å². The van der Waals surface area contributed by atoms with Crippen LogP contribution in [0.15, 0.2) is 36.4 Å². The number of amides is 2. The molecule has 2 rings (SSSR count). The maximum Gasteiger partial charge on any atom is 0.251 e. The molecule has 0 aliphatic carbocycles. The zero-order valence-electron chi connectivity index (χ0n) is 17.2. The van der Waals surface area contributed by atoms with E-state index in [1.807, 2.05) is 6.92 Å². The summed E-state index contributed by atoms with van der Waals surface area (Å²) in [6.45, 7) is 1.65. The Morgan fingerprint density at radius 2 is 1.52 bits per heavy atom. The van der Waals surface area contributed by atoms with Crippen LogP contribution in [0.1, 0.15) is 28.9 Å². The predicted molar refractivity (Wildman–Crippen MR) is 108 cm³/mol. The van der Waals surface area contributed by atoms with Gasteiger partial charge in [-0.15, -0.1) is 0 Å². The van der Waals surface area contributed by atoms with Crippen molar-refractivity contribution in [1.29, 1.82) is 0 Å². The Morgan fingerprint density at radius 3 is 2.14 bits per heavy atom. The lowest BCUT2D eigenvalue weighted by molar-refractivity contribution is -0.120. The van der Waals surface area contributed by atoms with Crippen molar-refractivity contribution in [3.8, 4) is 23.0 Å². The van der Waals surface area contributed by atoms with Gasteiger partial charge in [-0.25, -0.2) is 0 Å². The summed E-state index contributed by atoms with van der Waals surface area (Å²) in [6, 6.07) is 9.78. The summed E-state index contributed by atoms with van der Waals surface area (Å²) in [6.07, 6.45) is 0. The Kier molecular flexibility index (Phi) is 7.70. The summed E-state index contributed by atoms with van der Waals surface area (Å²) in [5.41, 5.74) is 1.13. The van der Waals surface area contributed by atoms with Gasteiger partial charge >= 0.3 is 0 Å². The van der Waals surface area contributed by atoms with Gasteiger partial charge in [0.2, 0.25) is 5.91 Å². The molecule has 0 saturated carbocycles. The van der Waals surface area contributed by atoms with Crippen LogP contribution in [0.4, 0.5) is 0 Å². The van der Waals surface area contributed by atoms with Crippen molar-refractivity contribution in [3.63, 3.8) is 0 Å². The third kappa shape index (κ3) is 5.54. The highest BCUT2D eigenvalue weighted by Gasteiger charge is 2.17. The normalized spacial score (nSPS) is 11.2. The molecule has 0 aliphatic rings. The van der Waals surface area contributed by atoms with Crippen LogP contribution in [-0.4, -0.2) is 46.8 Å². The number of benzene rings is 2. The number of carbonyl (C=O) groups is 2. The van der Waals surface area contributed by atoms with E-state index in [1.54, 1.807) is 50.6 Å². The molecule has 0 spiro atoms. The number of nitrogens with one attached hydrogen (secondary N) is 2. The fourth-order valence-corrected chi connectivity index (χ4v) is 2.79. The first-order valence-electron chi connectivity index (χ1n) is 8.95. The van der Waals surface area contributed by atoms with E-state index in [9.17, 15) is 9.59 Å². The second-order valence-electron chi connectivity index (χ2n) is 6.15. The molecule has 8 heteroatoms. The number of ether oxygens (including phenoxy) is 4. The van der Waals surface area contributed by atoms with E-state index in [-0.39, 0.29) is 18.5 Å². The Morgan fingerprint density at radius 1 is 0.862 bits per heavy atom. The molecule has 0 bridgehead atoms. The van der Waals surface area contributed by atoms with Crippen LogP contribution < -0.4 is 29.6 Å². The zero-order valence-corrected chi connectivity index (χ0v) is 17.2. The van der Waals surface area contributed by atoms with Crippen molar-refractivity contribution >= 4 is 11.8 Å². The van der Waals surface area contributed by atoms with Crippen molar-refractivity contribution in [2.45, 2.75) is 13.0 Å². The topological polar surface area (TPSA) is 95.1 Å². The highest BCUT2D eigenvalue weighted by molar-refractivity contribution is 5.97. The van der Waals surface area contributed by atoms with Crippen molar-refractivity contribution in [2.75, 3.05) is 35.0 Å². The largest absolute Gasteiger partial charge is 0.497 e. The van der Waals surface area contributed by atoms with E-state index in [0.717, 1.165) is 5.56 Å². The molecule has 8 nitrogen and oxygen atoms in total. The fourth-order valence-electron chi connectivity index (χ4n) is 2.79. The lowest BCUT2D eigenvalue weighted by Gasteiger charge is -2.18. The van der Waals surface area contributed by atoms with E-state index < -0.39 is 5.91 Å². The molecule has 156 valence electrons. The highest BCUT2D eigenvalue weighted by Crippen LogP contribution is 2.29. The molecule has 0 aliphatic heterocycles. The lowest BCUT2D eigenvalue weighted by Crippen LogP contribution is -2.38. The molecule has 2 aromatic rings. The first kappa shape index (κ1) is 21.9. The highest BCUT2D eigenvalue weighted by atomic mass is 16.5. The summed E-state index contributed by atoms with van der Waals surface area (Å²) in [5, 5.41) is 5.43. The van der Waals surface area contributed by atoms with Crippen LogP contribution in [0.5, 0.6) is 23.0 Å². The summed E-state index contributed by atoms with van der Waals surface area (Å²) in [5.74, 6) is 1.51. The van der Waals surface area contributed by atoms with Gasteiger partial charge in [-0.1, -0.05) is 0 Å². The molecular weight excluding hydrogens is 376 g/mol. The Labute approximate surface area is 170 Å². The number of carbonyl (C=O) groups excluding carboxylic acids is 2. The van der Waals surface area contributed by atoms with E-state index in [0.29, 0.717) is 28.6 Å². The van der Waals surface area contributed by atoms with Gasteiger partial charge < -0.3 is 29.6 Å². The summed E-state index contributed by atoms with van der Waals surface area (Å²) >= 11 is 0. The van der Waals surface area contributed by atoms with Gasteiger partial charge in [0.05, 0.1) is 41.0 Å². The minimum absolute atomic E-state index is 0.177. The van der Waals surface area contributed by atoms with E-state index in [1.165, 1.54) is 14.2 Å². The van der Waals surface area contributed by atoms with Crippen molar-refractivity contribution in [1.82, 2.24) is 10.6 Å². The standard InChI is InChI=1S/C21H26N2O6/c1-13(16-11-15(26-2)7-9-17(16)27-3)23-20(24)12-22-21(25)14-6-8-18(28-4)19(10-14)29-5/h6-11,13H,12H2,1-5H3,(H,22,25)(H,23,24). The minimum atomic E-state index is -0.396. The van der Waals surface area contributed by atoms with Gasteiger partial charge in [0.15, 0.2) is 11.5 Å². The molecular formula is C21H26N2O6. The first-order valence-corrected chi connectivity index (χ1v) is 8.95. The molecule has 1 unspecified atom stereocenters. The Bertz CT molecular complexity index is 868. The number of rotatable bonds is 9. The van der Waals surface area contributed by atoms with Crippen molar-refractivity contribution < 1.29 is 28.5 Å². The van der Waals surface area contributed by atoms with Gasteiger partial charge in [-0.2, -0.15) is 0 Å². The summed E-state index contributed by atoms with van der Waals surface area (Å²) < 4.78 is 20.9. The molecule has 29 heavy (non-hydrogen) atoms. The van der Waals surface area contributed by atoms with E-state index in [2.05, 4.69) is 10.6 Å². The molecule has 2 N–H and O–H groups in total. The lowest BCUT2D eigenvalue weighted by atomic mass is 10.1. The van der Waals surface area contributed by atoms with Crippen LogP contribution in [0, 0.1) is 0 Å². The van der Waals surface area contributed by atoms with Gasteiger partial charge in [0, 0.05) is 11.1 Å². The van der Waals surface area contributed by atoms with E-state index >= 15 is 0 Å². The maximum atomic E-state index is 12.3. The number of hydrogen-bond donors (Lipinski definition) is 2. The van der Waals surface area contributed by atoms with Gasteiger partial charge in [0.25, 0.3) is 5.91 Å². The third-order valence-corrected chi connectivity index (χ3v) is 4.34. The van der Waals surface area contributed by atoms with Crippen LogP contribution in [-0.2, 0) is 4.79 Å². The van der Waals surface area contributed by atoms with Crippen LogP contribution in [0.25, 0.3) is 0 Å². The number of hydrogen-bond acceptors (Lipinski definition) is 6. The third-order valence-electron chi connectivity index (χ3n) is 4.34. The van der Waals surface area contributed by atoms with Gasteiger partial charge in [-0.3, -0.25) is 9.59 Å². The molecule has 1 atom stereocenters. The monoisotopic (exact) mass is 402 g/mol. The first-order chi connectivity index (χ1) is 13.9. The molecule has 0 fully saturated rings. The quantitative estimate of drug-likeness (QED) is 0.669. The zero-order chi connectivity index (χ0) is 21.4. The maximum absolute atomic E-state index is 12.3. The van der Waals surface area contributed by atoms with Crippen LogP contribution in [0.2, 0.25) is 0 Å². The summed E-state index contributed by atoms with van der Waals surface area (Å²) in [4.78, 5) is 24.6. The Hall–Kier alpha value is -3.42.